The van der Waals surface area contributed by atoms with Crippen molar-refractivity contribution >= 4 is 22.9 Å². The SMILES string of the molecule is CC(C)(C)OC(=O)NCCn1ccc2ccc(N)nc21. The fourth-order valence-electron chi connectivity index (χ4n) is 1.85. The lowest BCUT2D eigenvalue weighted by Gasteiger charge is -2.19. The van der Waals surface area contributed by atoms with Crippen LogP contribution < -0.4 is 11.1 Å². The number of hydrogen-bond donors (Lipinski definition) is 2. The summed E-state index contributed by atoms with van der Waals surface area (Å²) in [6, 6.07) is 5.66. The second-order valence-electron chi connectivity index (χ2n) is 5.59. The highest BCUT2D eigenvalue weighted by Crippen LogP contribution is 2.14. The zero-order chi connectivity index (χ0) is 14.8. The van der Waals surface area contributed by atoms with Gasteiger partial charge in [-0.1, -0.05) is 0 Å². The van der Waals surface area contributed by atoms with Crippen molar-refractivity contribution in [1.29, 1.82) is 0 Å². The van der Waals surface area contributed by atoms with Crippen LogP contribution in [-0.2, 0) is 11.3 Å². The van der Waals surface area contributed by atoms with Crippen LogP contribution in [0.5, 0.6) is 0 Å². The summed E-state index contributed by atoms with van der Waals surface area (Å²) in [6.07, 6.45) is 1.51. The van der Waals surface area contributed by atoms with Gasteiger partial charge in [0.2, 0.25) is 0 Å². The van der Waals surface area contributed by atoms with E-state index in [2.05, 4.69) is 10.3 Å². The molecule has 0 radical (unpaired) electrons. The fourth-order valence-corrected chi connectivity index (χ4v) is 1.85. The van der Waals surface area contributed by atoms with Crippen molar-refractivity contribution in [2.24, 2.45) is 0 Å². The molecule has 0 atom stereocenters. The van der Waals surface area contributed by atoms with E-state index in [0.717, 1.165) is 11.0 Å². The van der Waals surface area contributed by atoms with Gasteiger partial charge < -0.3 is 20.4 Å². The van der Waals surface area contributed by atoms with Gasteiger partial charge in [0.1, 0.15) is 17.1 Å². The molecule has 0 aliphatic heterocycles. The van der Waals surface area contributed by atoms with Crippen LogP contribution in [0.3, 0.4) is 0 Å². The van der Waals surface area contributed by atoms with Gasteiger partial charge in [0.05, 0.1) is 0 Å². The van der Waals surface area contributed by atoms with E-state index in [0.29, 0.717) is 18.9 Å². The highest BCUT2D eigenvalue weighted by molar-refractivity contribution is 5.77. The second kappa shape index (κ2) is 5.40. The first-order valence-electron chi connectivity index (χ1n) is 6.53. The first-order valence-corrected chi connectivity index (χ1v) is 6.53. The van der Waals surface area contributed by atoms with Crippen LogP contribution in [0, 0.1) is 0 Å². The molecule has 0 bridgehead atoms. The topological polar surface area (TPSA) is 82.2 Å². The lowest BCUT2D eigenvalue weighted by Crippen LogP contribution is -2.34. The van der Waals surface area contributed by atoms with E-state index < -0.39 is 11.7 Å². The molecule has 0 saturated heterocycles. The average Bonchev–Trinajstić information content (AvgIpc) is 2.69. The van der Waals surface area contributed by atoms with Crippen LogP contribution in [0.1, 0.15) is 20.8 Å². The lowest BCUT2D eigenvalue weighted by atomic mass is 10.2. The molecule has 0 aliphatic rings. The van der Waals surface area contributed by atoms with E-state index in [1.165, 1.54) is 0 Å². The molecule has 6 nitrogen and oxygen atoms in total. The maximum atomic E-state index is 11.5. The summed E-state index contributed by atoms with van der Waals surface area (Å²) in [5, 5.41) is 3.74. The van der Waals surface area contributed by atoms with E-state index in [-0.39, 0.29) is 0 Å². The number of amides is 1. The molecule has 0 aliphatic carbocycles. The summed E-state index contributed by atoms with van der Waals surface area (Å²) in [4.78, 5) is 15.8. The number of hydrogen-bond acceptors (Lipinski definition) is 4. The third-order valence-corrected chi connectivity index (χ3v) is 2.65. The molecule has 2 aromatic heterocycles. The highest BCUT2D eigenvalue weighted by atomic mass is 16.6. The van der Waals surface area contributed by atoms with E-state index in [1.54, 1.807) is 6.07 Å². The highest BCUT2D eigenvalue weighted by Gasteiger charge is 2.15. The first kappa shape index (κ1) is 14.2. The summed E-state index contributed by atoms with van der Waals surface area (Å²) in [5.74, 6) is 0.484. The van der Waals surface area contributed by atoms with E-state index >= 15 is 0 Å². The number of rotatable bonds is 3. The Bertz CT molecular complexity index is 613. The van der Waals surface area contributed by atoms with E-state index in [4.69, 9.17) is 10.5 Å². The maximum absolute atomic E-state index is 11.5. The molecule has 0 unspecified atom stereocenters. The largest absolute Gasteiger partial charge is 0.444 e. The number of pyridine rings is 1. The normalized spacial score (nSPS) is 11.6. The molecule has 2 heterocycles. The summed E-state index contributed by atoms with van der Waals surface area (Å²) in [7, 11) is 0. The molecule has 2 aromatic rings. The fraction of sp³-hybridized carbons (Fsp3) is 0.429. The number of anilines is 1. The van der Waals surface area contributed by atoms with Gasteiger partial charge in [-0.2, -0.15) is 0 Å². The van der Waals surface area contributed by atoms with Crippen LogP contribution in [0.25, 0.3) is 11.0 Å². The van der Waals surface area contributed by atoms with E-state index in [9.17, 15) is 4.79 Å². The van der Waals surface area contributed by atoms with Crippen LogP contribution in [0.2, 0.25) is 0 Å². The third kappa shape index (κ3) is 3.63. The summed E-state index contributed by atoms with van der Waals surface area (Å²) in [5.41, 5.74) is 6.01. The van der Waals surface area contributed by atoms with Crippen molar-refractivity contribution in [3.05, 3.63) is 24.4 Å². The number of carbonyl (C=O) groups is 1. The zero-order valence-electron chi connectivity index (χ0n) is 12.0. The number of carbonyl (C=O) groups excluding carboxylic acids is 1. The van der Waals surface area contributed by atoms with Crippen LogP contribution >= 0.6 is 0 Å². The number of nitrogen functional groups attached to an aromatic ring is 1. The van der Waals surface area contributed by atoms with Crippen molar-refractivity contribution < 1.29 is 9.53 Å². The Hall–Kier alpha value is -2.24. The predicted octanol–water partition coefficient (Wildman–Crippen LogP) is 2.14. The Morgan fingerprint density at radius 3 is 2.85 bits per heavy atom. The van der Waals surface area contributed by atoms with Gasteiger partial charge in [0.25, 0.3) is 0 Å². The average molecular weight is 276 g/mol. The standard InChI is InChI=1S/C14H20N4O2/c1-14(2,3)20-13(19)16-7-9-18-8-6-10-4-5-11(15)17-12(10)18/h4-6,8H,7,9H2,1-3H3,(H2,15,17)(H,16,19). The molecule has 6 heteroatoms. The Balaban J connectivity index is 1.93. The van der Waals surface area contributed by atoms with Crippen molar-refractivity contribution in [3.63, 3.8) is 0 Å². The number of alkyl carbamates (subject to hydrolysis) is 1. The Labute approximate surface area is 117 Å². The molecular formula is C14H20N4O2. The Morgan fingerprint density at radius 2 is 2.15 bits per heavy atom. The van der Waals surface area contributed by atoms with Crippen molar-refractivity contribution in [3.8, 4) is 0 Å². The number of nitrogens with zero attached hydrogens (tertiary/aromatic N) is 2. The quantitative estimate of drug-likeness (QED) is 0.899. The third-order valence-electron chi connectivity index (χ3n) is 2.65. The van der Waals surface area contributed by atoms with Gasteiger partial charge in [-0.3, -0.25) is 0 Å². The van der Waals surface area contributed by atoms with Gasteiger partial charge in [-0.15, -0.1) is 0 Å². The molecule has 0 aromatic carbocycles. The number of nitrogens with one attached hydrogen (secondary N) is 1. The van der Waals surface area contributed by atoms with Gasteiger partial charge in [-0.25, -0.2) is 9.78 Å². The van der Waals surface area contributed by atoms with Crippen molar-refractivity contribution in [1.82, 2.24) is 14.9 Å². The van der Waals surface area contributed by atoms with Crippen LogP contribution in [-0.4, -0.2) is 27.8 Å². The molecule has 1 amide bonds. The minimum Gasteiger partial charge on any atom is -0.444 e. The number of fused-ring (bicyclic) bond motifs is 1. The number of aromatic nitrogens is 2. The van der Waals surface area contributed by atoms with Gasteiger partial charge >= 0.3 is 6.09 Å². The van der Waals surface area contributed by atoms with Gasteiger partial charge in [-0.05, 0) is 39.0 Å². The Morgan fingerprint density at radius 1 is 1.40 bits per heavy atom. The molecular weight excluding hydrogens is 256 g/mol. The van der Waals surface area contributed by atoms with Gasteiger partial charge in [0.15, 0.2) is 0 Å². The van der Waals surface area contributed by atoms with Crippen molar-refractivity contribution in [2.75, 3.05) is 12.3 Å². The molecule has 0 fully saturated rings. The molecule has 20 heavy (non-hydrogen) atoms. The first-order chi connectivity index (χ1) is 9.35. The zero-order valence-corrected chi connectivity index (χ0v) is 12.0. The summed E-state index contributed by atoms with van der Waals surface area (Å²) in [6.45, 7) is 6.57. The molecule has 0 spiro atoms. The molecule has 3 N–H and O–H groups in total. The van der Waals surface area contributed by atoms with Crippen LogP contribution in [0.4, 0.5) is 10.6 Å². The second-order valence-corrected chi connectivity index (χ2v) is 5.59. The van der Waals surface area contributed by atoms with Gasteiger partial charge in [0, 0.05) is 24.7 Å². The maximum Gasteiger partial charge on any atom is 0.407 e. The molecule has 0 saturated carbocycles. The minimum atomic E-state index is -0.486. The molecule has 108 valence electrons. The predicted molar refractivity (Wildman–Crippen MR) is 78.4 cm³/mol. The summed E-state index contributed by atoms with van der Waals surface area (Å²) < 4.78 is 7.12. The lowest BCUT2D eigenvalue weighted by molar-refractivity contribution is 0.0526. The molecule has 2 rings (SSSR count). The smallest absolute Gasteiger partial charge is 0.407 e. The van der Waals surface area contributed by atoms with Crippen molar-refractivity contribution in [2.45, 2.75) is 32.9 Å². The monoisotopic (exact) mass is 276 g/mol. The number of ether oxygens (including phenoxy) is 1. The minimum absolute atomic E-state index is 0.415. The van der Waals surface area contributed by atoms with E-state index in [1.807, 2.05) is 43.7 Å². The number of nitrogens with two attached hydrogens (primary N) is 1. The Kier molecular flexibility index (Phi) is 3.83. The van der Waals surface area contributed by atoms with Crippen LogP contribution in [0.15, 0.2) is 24.4 Å². The summed E-state index contributed by atoms with van der Waals surface area (Å²) >= 11 is 0.